The highest BCUT2D eigenvalue weighted by molar-refractivity contribution is 5.76. The van der Waals surface area contributed by atoms with Gasteiger partial charge in [-0.05, 0) is 26.3 Å². The molecule has 0 aromatic carbocycles. The molecule has 1 heterocycles. The smallest absolute Gasteiger partial charge is 0.222 e. The van der Waals surface area contributed by atoms with Crippen LogP contribution in [0.15, 0.2) is 12.3 Å². The molecule has 1 aliphatic rings. The van der Waals surface area contributed by atoms with Gasteiger partial charge in [0, 0.05) is 19.4 Å². The number of nitrogens with zero attached hydrogens (tertiary/aromatic N) is 1. The number of allylic oxidation sites excluding steroid dienone is 1. The first-order chi connectivity index (χ1) is 8.13. The van der Waals surface area contributed by atoms with Crippen LogP contribution in [0.3, 0.4) is 0 Å². The highest BCUT2D eigenvalue weighted by atomic mass is 16.5. The molecule has 0 aliphatic carbocycles. The molecule has 2 N–H and O–H groups in total. The molecule has 1 atom stereocenters. The summed E-state index contributed by atoms with van der Waals surface area (Å²) in [5.74, 6) is 0.974. The molecule has 1 rings (SSSR count). The molecule has 98 valence electrons. The molecule has 0 spiro atoms. The van der Waals surface area contributed by atoms with Gasteiger partial charge in [0.25, 0.3) is 0 Å². The summed E-state index contributed by atoms with van der Waals surface area (Å²) in [6.45, 7) is 7.80. The number of likely N-dealkylation sites (tertiary alicyclic amines) is 1. The van der Waals surface area contributed by atoms with Crippen LogP contribution in [0, 0.1) is 0 Å². The molecule has 0 bridgehead atoms. The minimum atomic E-state index is 0.139. The van der Waals surface area contributed by atoms with Crippen molar-refractivity contribution in [3.8, 4) is 0 Å². The Morgan fingerprint density at radius 1 is 1.47 bits per heavy atom. The topological polar surface area (TPSA) is 55.6 Å². The molecule has 0 unspecified atom stereocenters. The summed E-state index contributed by atoms with van der Waals surface area (Å²) in [4.78, 5) is 13.8. The summed E-state index contributed by atoms with van der Waals surface area (Å²) in [6.07, 6.45) is 4.69. The van der Waals surface area contributed by atoms with E-state index in [0.29, 0.717) is 19.5 Å². The number of carbonyl (C=O) groups excluding carboxylic acids is 1. The van der Waals surface area contributed by atoms with Crippen molar-refractivity contribution in [2.45, 2.75) is 45.1 Å². The summed E-state index contributed by atoms with van der Waals surface area (Å²) in [5, 5.41) is 0. The second-order valence-electron chi connectivity index (χ2n) is 4.67. The van der Waals surface area contributed by atoms with Crippen molar-refractivity contribution < 1.29 is 9.53 Å². The minimum Gasteiger partial charge on any atom is -0.494 e. The second kappa shape index (κ2) is 7.33. The van der Waals surface area contributed by atoms with Gasteiger partial charge in [0.05, 0.1) is 12.3 Å². The van der Waals surface area contributed by atoms with Gasteiger partial charge in [0.1, 0.15) is 6.10 Å². The number of hydrogen-bond donors (Lipinski definition) is 1. The van der Waals surface area contributed by atoms with Gasteiger partial charge in [-0.3, -0.25) is 4.79 Å². The Balaban J connectivity index is 2.18. The van der Waals surface area contributed by atoms with Crippen LogP contribution < -0.4 is 5.73 Å². The lowest BCUT2D eigenvalue weighted by Gasteiger charge is -2.17. The first kappa shape index (κ1) is 14.0. The van der Waals surface area contributed by atoms with E-state index in [1.807, 2.05) is 11.8 Å². The number of nitrogens with two attached hydrogens (primary N) is 1. The second-order valence-corrected chi connectivity index (χ2v) is 4.67. The number of rotatable bonds is 7. The van der Waals surface area contributed by atoms with Crippen LogP contribution in [-0.2, 0) is 9.53 Å². The van der Waals surface area contributed by atoms with Crippen LogP contribution in [-0.4, -0.2) is 36.5 Å². The number of amides is 1. The third-order valence-electron chi connectivity index (χ3n) is 2.96. The van der Waals surface area contributed by atoms with Gasteiger partial charge in [-0.15, -0.1) is 0 Å². The summed E-state index contributed by atoms with van der Waals surface area (Å²) < 4.78 is 5.53. The molecule has 1 amide bonds. The molecule has 17 heavy (non-hydrogen) atoms. The maximum atomic E-state index is 11.9. The Labute approximate surface area is 104 Å². The SMILES string of the molecule is C=C(C)O[C@H]1CCN(C(=O)CCCCCN)C1. The van der Waals surface area contributed by atoms with E-state index in [0.717, 1.165) is 38.0 Å². The monoisotopic (exact) mass is 240 g/mol. The normalized spacial score (nSPS) is 19.4. The van der Waals surface area contributed by atoms with Crippen LogP contribution in [0.1, 0.15) is 39.0 Å². The molecular weight excluding hydrogens is 216 g/mol. The summed E-state index contributed by atoms with van der Waals surface area (Å²) in [5.41, 5.74) is 5.41. The van der Waals surface area contributed by atoms with Crippen molar-refractivity contribution in [3.05, 3.63) is 12.3 Å². The molecule has 1 saturated heterocycles. The van der Waals surface area contributed by atoms with Crippen molar-refractivity contribution in [1.29, 1.82) is 0 Å². The third kappa shape index (κ3) is 5.22. The highest BCUT2D eigenvalue weighted by Crippen LogP contribution is 2.16. The fraction of sp³-hybridized carbons (Fsp3) is 0.769. The van der Waals surface area contributed by atoms with E-state index in [4.69, 9.17) is 10.5 Å². The van der Waals surface area contributed by atoms with Crippen molar-refractivity contribution in [3.63, 3.8) is 0 Å². The van der Waals surface area contributed by atoms with Crippen LogP contribution in [0.4, 0.5) is 0 Å². The number of hydrogen-bond acceptors (Lipinski definition) is 3. The largest absolute Gasteiger partial charge is 0.494 e. The molecule has 4 nitrogen and oxygen atoms in total. The summed E-state index contributed by atoms with van der Waals surface area (Å²) >= 11 is 0. The summed E-state index contributed by atoms with van der Waals surface area (Å²) in [6, 6.07) is 0. The maximum Gasteiger partial charge on any atom is 0.222 e. The molecule has 4 heteroatoms. The van der Waals surface area contributed by atoms with Crippen molar-refractivity contribution >= 4 is 5.91 Å². The van der Waals surface area contributed by atoms with Gasteiger partial charge in [-0.2, -0.15) is 0 Å². The Morgan fingerprint density at radius 2 is 2.24 bits per heavy atom. The Morgan fingerprint density at radius 3 is 2.88 bits per heavy atom. The molecule has 0 aromatic heterocycles. The van der Waals surface area contributed by atoms with E-state index in [1.54, 1.807) is 0 Å². The Kier molecular flexibility index (Phi) is 6.05. The molecule has 0 saturated carbocycles. The van der Waals surface area contributed by atoms with E-state index in [-0.39, 0.29) is 12.0 Å². The van der Waals surface area contributed by atoms with Gasteiger partial charge >= 0.3 is 0 Å². The molecular formula is C13H24N2O2. The lowest BCUT2D eigenvalue weighted by atomic mass is 10.2. The van der Waals surface area contributed by atoms with Gasteiger partial charge in [-0.1, -0.05) is 13.0 Å². The number of ether oxygens (including phenoxy) is 1. The van der Waals surface area contributed by atoms with Crippen LogP contribution in [0.5, 0.6) is 0 Å². The van der Waals surface area contributed by atoms with Gasteiger partial charge < -0.3 is 15.4 Å². The highest BCUT2D eigenvalue weighted by Gasteiger charge is 2.26. The maximum absolute atomic E-state index is 11.9. The summed E-state index contributed by atoms with van der Waals surface area (Å²) in [7, 11) is 0. The van der Waals surface area contributed by atoms with Gasteiger partial charge in [0.15, 0.2) is 0 Å². The number of carbonyl (C=O) groups is 1. The van der Waals surface area contributed by atoms with Gasteiger partial charge in [-0.25, -0.2) is 0 Å². The fourth-order valence-electron chi connectivity index (χ4n) is 2.09. The standard InChI is InChI=1S/C13H24N2O2/c1-11(2)17-12-7-9-15(10-12)13(16)6-4-3-5-8-14/h12H,1,3-10,14H2,2H3/t12-/m0/s1. The molecule has 1 fully saturated rings. The van der Waals surface area contributed by atoms with Crippen molar-refractivity contribution in [2.75, 3.05) is 19.6 Å². The predicted molar refractivity (Wildman–Crippen MR) is 68.4 cm³/mol. The predicted octanol–water partition coefficient (Wildman–Crippen LogP) is 1.66. The molecule has 0 aromatic rings. The first-order valence-corrected chi connectivity index (χ1v) is 6.43. The average molecular weight is 240 g/mol. The van der Waals surface area contributed by atoms with E-state index in [1.165, 1.54) is 0 Å². The van der Waals surface area contributed by atoms with Crippen molar-refractivity contribution in [1.82, 2.24) is 4.90 Å². The average Bonchev–Trinajstić information content (AvgIpc) is 2.71. The first-order valence-electron chi connectivity index (χ1n) is 6.43. The molecule has 1 aliphatic heterocycles. The van der Waals surface area contributed by atoms with Crippen LogP contribution in [0.2, 0.25) is 0 Å². The molecule has 0 radical (unpaired) electrons. The fourth-order valence-corrected chi connectivity index (χ4v) is 2.09. The van der Waals surface area contributed by atoms with Crippen LogP contribution >= 0.6 is 0 Å². The zero-order chi connectivity index (χ0) is 12.7. The van der Waals surface area contributed by atoms with Crippen LogP contribution in [0.25, 0.3) is 0 Å². The van der Waals surface area contributed by atoms with Crippen molar-refractivity contribution in [2.24, 2.45) is 5.73 Å². The Hall–Kier alpha value is -1.03. The number of unbranched alkanes of at least 4 members (excludes halogenated alkanes) is 2. The van der Waals surface area contributed by atoms with E-state index in [2.05, 4.69) is 6.58 Å². The lowest BCUT2D eigenvalue weighted by Crippen LogP contribution is -2.29. The quantitative estimate of drug-likeness (QED) is 0.544. The zero-order valence-corrected chi connectivity index (χ0v) is 10.8. The van der Waals surface area contributed by atoms with Gasteiger partial charge in [0.2, 0.25) is 5.91 Å². The van der Waals surface area contributed by atoms with E-state index in [9.17, 15) is 4.79 Å². The Bertz CT molecular complexity index is 266. The van der Waals surface area contributed by atoms with E-state index >= 15 is 0 Å². The zero-order valence-electron chi connectivity index (χ0n) is 10.8. The van der Waals surface area contributed by atoms with E-state index < -0.39 is 0 Å². The third-order valence-corrected chi connectivity index (χ3v) is 2.96. The minimum absolute atomic E-state index is 0.139. The lowest BCUT2D eigenvalue weighted by molar-refractivity contribution is -0.130.